The molecule has 1 amide bonds. The molecule has 0 saturated heterocycles. The molecule has 65 valence electrons. The molecule has 0 aromatic heterocycles. The van der Waals surface area contributed by atoms with Crippen LogP contribution in [0.15, 0.2) is 0 Å². The first-order valence-corrected chi connectivity index (χ1v) is 4.28. The number of nitrogens with zero attached hydrogens (tertiary/aromatic N) is 2. The molecule has 0 unspecified atom stereocenters. The quantitative estimate of drug-likeness (QED) is 0.436. The molecule has 0 spiro atoms. The first-order valence-electron chi connectivity index (χ1n) is 4.28. The summed E-state index contributed by atoms with van der Waals surface area (Å²) in [5.74, 6) is 0.836. The summed E-state index contributed by atoms with van der Waals surface area (Å²) in [5.41, 5.74) is 0. The average molecular weight is 165 g/mol. The first kappa shape index (κ1) is 9.05. The summed E-state index contributed by atoms with van der Waals surface area (Å²) in [4.78, 5) is 12.5. The van der Waals surface area contributed by atoms with Gasteiger partial charge in [-0.3, -0.25) is 9.69 Å². The highest BCUT2D eigenvalue weighted by molar-refractivity contribution is 5.90. The number of carbonyl (C=O) groups excluding carboxylic acids is 1. The van der Waals surface area contributed by atoms with Crippen LogP contribution in [0.5, 0.6) is 0 Å². The Kier molecular flexibility index (Phi) is 3.09. The summed E-state index contributed by atoms with van der Waals surface area (Å²) in [6.07, 6.45) is 7.00. The monoisotopic (exact) mass is 165 g/mol. The minimum atomic E-state index is -0.0859. The topological polar surface area (TPSA) is 44.1 Å². The predicted molar refractivity (Wildman–Crippen MR) is 44.7 cm³/mol. The summed E-state index contributed by atoms with van der Waals surface area (Å²) >= 11 is 0. The highest BCUT2D eigenvalue weighted by Gasteiger charge is 2.24. The van der Waals surface area contributed by atoms with Gasteiger partial charge in [0.25, 0.3) is 0 Å². The molecule has 1 aliphatic carbocycles. The maximum absolute atomic E-state index is 11.4. The largest absolute Gasteiger partial charge is 0.273 e. The minimum absolute atomic E-state index is 0.0859. The van der Waals surface area contributed by atoms with Crippen LogP contribution in [0.25, 0.3) is 0 Å². The highest BCUT2D eigenvalue weighted by Crippen LogP contribution is 2.26. The normalized spacial score (nSPS) is 18.3. The van der Waals surface area contributed by atoms with Crippen molar-refractivity contribution in [1.29, 1.82) is 5.26 Å². The van der Waals surface area contributed by atoms with Crippen LogP contribution in [0.2, 0.25) is 0 Å². The van der Waals surface area contributed by atoms with Gasteiger partial charge in [0.1, 0.15) is 0 Å². The number of carbonyl (C=O) groups is 1. The van der Waals surface area contributed by atoms with Gasteiger partial charge in [-0.1, -0.05) is 19.3 Å². The molecule has 1 saturated carbocycles. The summed E-state index contributed by atoms with van der Waals surface area (Å²) < 4.78 is 0. The molecule has 0 aromatic carbocycles. The Morgan fingerprint density at radius 1 is 1.42 bits per heavy atom. The lowest BCUT2D eigenvalue weighted by Crippen LogP contribution is -2.28. The molecule has 0 heterocycles. The van der Waals surface area contributed by atoms with Crippen LogP contribution in [0.4, 0.5) is 0 Å². The van der Waals surface area contributed by atoms with E-state index < -0.39 is 0 Å². The van der Waals surface area contributed by atoms with E-state index in [4.69, 9.17) is 5.26 Å². The fraction of sp³-hybridized carbons (Fsp3) is 0.667. The van der Waals surface area contributed by atoms with Crippen LogP contribution >= 0.6 is 0 Å². The van der Waals surface area contributed by atoms with Crippen LogP contribution in [-0.4, -0.2) is 17.9 Å². The lowest BCUT2D eigenvalue weighted by atomic mass is 9.88. The molecule has 0 aliphatic heterocycles. The lowest BCUT2D eigenvalue weighted by molar-refractivity contribution is -0.125. The molecule has 0 N–H and O–H groups in total. The maximum Gasteiger partial charge on any atom is 0.242 e. The van der Waals surface area contributed by atoms with Gasteiger partial charge in [-0.2, -0.15) is 5.26 Å². The van der Waals surface area contributed by atoms with Gasteiger partial charge >= 0.3 is 0 Å². The second-order valence-corrected chi connectivity index (χ2v) is 3.13. The first-order chi connectivity index (χ1) is 5.75. The van der Waals surface area contributed by atoms with Crippen LogP contribution < -0.4 is 0 Å². The van der Waals surface area contributed by atoms with Crippen molar-refractivity contribution in [3.63, 3.8) is 0 Å². The Morgan fingerprint density at radius 3 is 2.50 bits per heavy atom. The van der Waals surface area contributed by atoms with E-state index in [1.54, 1.807) is 0 Å². The Morgan fingerprint density at radius 2 is 2.00 bits per heavy atom. The molecule has 1 rings (SSSR count). The third-order valence-corrected chi connectivity index (χ3v) is 2.21. The van der Waals surface area contributed by atoms with Crippen LogP contribution in [0, 0.1) is 17.4 Å². The number of hydrogen-bond acceptors (Lipinski definition) is 2. The van der Waals surface area contributed by atoms with Gasteiger partial charge < -0.3 is 0 Å². The number of nitriles is 1. The molecule has 0 atom stereocenters. The summed E-state index contributed by atoms with van der Waals surface area (Å²) in [7, 11) is 1.52. The molecule has 1 fully saturated rings. The Hall–Kier alpha value is -1.04. The van der Waals surface area contributed by atoms with Gasteiger partial charge in [0, 0.05) is 7.05 Å². The van der Waals surface area contributed by atoms with E-state index in [-0.39, 0.29) is 5.91 Å². The second kappa shape index (κ2) is 4.10. The third kappa shape index (κ3) is 1.97. The molecule has 0 bridgehead atoms. The van der Waals surface area contributed by atoms with Gasteiger partial charge in [0.05, 0.1) is 5.92 Å². The predicted octanol–water partition coefficient (Wildman–Crippen LogP) is 1.46. The third-order valence-electron chi connectivity index (χ3n) is 2.21. The van der Waals surface area contributed by atoms with Crippen molar-refractivity contribution in [3.8, 4) is 6.19 Å². The smallest absolute Gasteiger partial charge is 0.242 e. The standard InChI is InChI=1S/C9H13N2O/c1-11(7-10)9(12)8-5-3-2-4-6-8/h2-6H2,1H3. The minimum Gasteiger partial charge on any atom is -0.273 e. The molecule has 3 nitrogen and oxygen atoms in total. The van der Waals surface area contributed by atoms with E-state index in [2.05, 4.69) is 0 Å². The van der Waals surface area contributed by atoms with Gasteiger partial charge in [0.2, 0.25) is 5.91 Å². The van der Waals surface area contributed by atoms with E-state index in [0.717, 1.165) is 36.5 Å². The molecule has 0 aromatic rings. The van der Waals surface area contributed by atoms with Gasteiger partial charge in [-0.15, -0.1) is 0 Å². The fourth-order valence-electron chi connectivity index (χ4n) is 1.48. The Labute approximate surface area is 73.0 Å². The highest BCUT2D eigenvalue weighted by atomic mass is 16.2. The Balaban J connectivity index is 2.46. The summed E-state index contributed by atoms with van der Waals surface area (Å²) in [6, 6.07) is 0. The molecule has 1 radical (unpaired) electrons. The van der Waals surface area contributed by atoms with Crippen LogP contribution in [0.3, 0.4) is 0 Å². The molecular weight excluding hydrogens is 152 g/mol. The van der Waals surface area contributed by atoms with Crippen molar-refractivity contribution >= 4 is 5.91 Å². The second-order valence-electron chi connectivity index (χ2n) is 3.13. The number of amides is 1. The lowest BCUT2D eigenvalue weighted by Gasteiger charge is -2.21. The summed E-state index contributed by atoms with van der Waals surface area (Å²) in [6.45, 7) is 0. The average Bonchev–Trinajstić information content (AvgIpc) is 2.17. The fourth-order valence-corrected chi connectivity index (χ4v) is 1.48. The zero-order valence-corrected chi connectivity index (χ0v) is 7.34. The van der Waals surface area contributed by atoms with Crippen molar-refractivity contribution < 1.29 is 4.79 Å². The SMILES string of the molecule is CN(C#N)C(=O)[C]1CCCCC1. The van der Waals surface area contributed by atoms with Crippen LogP contribution in [0.1, 0.15) is 32.1 Å². The van der Waals surface area contributed by atoms with E-state index in [9.17, 15) is 4.79 Å². The molecular formula is C9H13N2O. The van der Waals surface area contributed by atoms with Crippen molar-refractivity contribution in [3.05, 3.63) is 5.92 Å². The van der Waals surface area contributed by atoms with Gasteiger partial charge in [0.15, 0.2) is 6.19 Å². The van der Waals surface area contributed by atoms with Crippen LogP contribution in [-0.2, 0) is 4.79 Å². The molecule has 12 heavy (non-hydrogen) atoms. The van der Waals surface area contributed by atoms with Crippen molar-refractivity contribution in [1.82, 2.24) is 4.90 Å². The number of rotatable bonds is 1. The Bertz CT molecular complexity index is 201. The van der Waals surface area contributed by atoms with Crippen molar-refractivity contribution in [2.45, 2.75) is 32.1 Å². The van der Waals surface area contributed by atoms with E-state index in [0.29, 0.717) is 0 Å². The molecule has 1 aliphatic rings. The maximum atomic E-state index is 11.4. The molecule has 3 heteroatoms. The van der Waals surface area contributed by atoms with Gasteiger partial charge in [-0.05, 0) is 12.8 Å². The van der Waals surface area contributed by atoms with E-state index >= 15 is 0 Å². The zero-order chi connectivity index (χ0) is 8.97. The van der Waals surface area contributed by atoms with E-state index in [1.165, 1.54) is 13.5 Å². The van der Waals surface area contributed by atoms with Crippen molar-refractivity contribution in [2.75, 3.05) is 7.05 Å². The van der Waals surface area contributed by atoms with Crippen molar-refractivity contribution in [2.24, 2.45) is 0 Å². The van der Waals surface area contributed by atoms with E-state index in [1.807, 2.05) is 6.19 Å². The van der Waals surface area contributed by atoms with Gasteiger partial charge in [-0.25, -0.2) is 0 Å². The number of hydrogen-bond donors (Lipinski definition) is 0. The summed E-state index contributed by atoms with van der Waals surface area (Å²) in [5, 5.41) is 8.48. The zero-order valence-electron chi connectivity index (χ0n) is 7.34.